The van der Waals surface area contributed by atoms with Gasteiger partial charge in [-0.15, -0.1) is 0 Å². The summed E-state index contributed by atoms with van der Waals surface area (Å²) in [4.78, 5) is -0.478. The average molecular weight is 324 g/mol. The largest absolute Gasteiger partial charge is 0.223 e. The van der Waals surface area contributed by atoms with Crippen molar-refractivity contribution in [2.24, 2.45) is 0 Å². The molecule has 0 bridgehead atoms. The van der Waals surface area contributed by atoms with Gasteiger partial charge in [-0.1, -0.05) is 45.0 Å². The Bertz CT molecular complexity index is 773. The molecule has 0 saturated carbocycles. The third-order valence-corrected chi connectivity index (χ3v) is 5.12. The van der Waals surface area contributed by atoms with Gasteiger partial charge < -0.3 is 0 Å². The van der Waals surface area contributed by atoms with Crippen molar-refractivity contribution in [1.29, 1.82) is 0 Å². The highest BCUT2D eigenvalue weighted by atomic mass is 32.2. The molecule has 0 aliphatic rings. The molecule has 0 aliphatic heterocycles. The molecule has 118 valence electrons. The summed E-state index contributed by atoms with van der Waals surface area (Å²) in [6.07, 6.45) is 0. The van der Waals surface area contributed by atoms with E-state index in [1.807, 2.05) is 12.1 Å². The average Bonchev–Trinajstić information content (AvgIpc) is 2.37. The van der Waals surface area contributed by atoms with Crippen LogP contribution in [-0.4, -0.2) is 8.42 Å². The molecule has 0 aromatic heterocycles. The molecule has 0 saturated heterocycles. The van der Waals surface area contributed by atoms with Gasteiger partial charge in [0.25, 0.3) is 0 Å². The molecule has 2 aromatic carbocycles. The fourth-order valence-corrected chi connectivity index (χ4v) is 3.54. The normalized spacial score (nSPS) is 12.4. The van der Waals surface area contributed by atoms with Gasteiger partial charge in [0.2, 0.25) is 0 Å². The minimum absolute atomic E-state index is 0.0273. The molecule has 22 heavy (non-hydrogen) atoms. The second kappa shape index (κ2) is 5.80. The summed E-state index contributed by atoms with van der Waals surface area (Å²) in [6.45, 7) is 6.19. The molecule has 0 N–H and O–H groups in total. The van der Waals surface area contributed by atoms with Crippen molar-refractivity contribution in [2.45, 2.75) is 36.8 Å². The first kappa shape index (κ1) is 16.6. The van der Waals surface area contributed by atoms with Crippen LogP contribution in [0.5, 0.6) is 0 Å². The van der Waals surface area contributed by atoms with Crippen LogP contribution in [0.4, 0.5) is 8.78 Å². The van der Waals surface area contributed by atoms with Gasteiger partial charge in [-0.05, 0) is 28.7 Å². The van der Waals surface area contributed by atoms with E-state index in [9.17, 15) is 17.2 Å². The van der Waals surface area contributed by atoms with Gasteiger partial charge in [0.15, 0.2) is 9.84 Å². The van der Waals surface area contributed by atoms with Gasteiger partial charge >= 0.3 is 0 Å². The highest BCUT2D eigenvalue weighted by Gasteiger charge is 2.21. The van der Waals surface area contributed by atoms with Crippen LogP contribution in [0, 0.1) is 11.6 Å². The SMILES string of the molecule is CC(C)(C)c1ccc(CS(=O)(=O)c2ccc(F)cc2F)cc1. The molecule has 0 atom stereocenters. The molecule has 2 aromatic rings. The lowest BCUT2D eigenvalue weighted by Crippen LogP contribution is -2.11. The quantitative estimate of drug-likeness (QED) is 0.792. The van der Waals surface area contributed by atoms with Crippen LogP contribution in [0.25, 0.3) is 0 Å². The van der Waals surface area contributed by atoms with Crippen LogP contribution in [0.1, 0.15) is 31.9 Å². The first-order valence-corrected chi connectivity index (χ1v) is 8.52. The van der Waals surface area contributed by atoms with Crippen molar-refractivity contribution in [3.8, 4) is 0 Å². The van der Waals surface area contributed by atoms with Crippen LogP contribution in [-0.2, 0) is 21.0 Å². The van der Waals surface area contributed by atoms with Gasteiger partial charge in [0, 0.05) is 6.07 Å². The summed E-state index contributed by atoms with van der Waals surface area (Å²) in [7, 11) is -3.85. The van der Waals surface area contributed by atoms with E-state index in [0.717, 1.165) is 17.7 Å². The Hall–Kier alpha value is -1.75. The van der Waals surface area contributed by atoms with Crippen LogP contribution in [0.3, 0.4) is 0 Å². The van der Waals surface area contributed by atoms with E-state index in [0.29, 0.717) is 11.6 Å². The molecular weight excluding hydrogens is 306 g/mol. The van der Waals surface area contributed by atoms with E-state index >= 15 is 0 Å². The van der Waals surface area contributed by atoms with Crippen LogP contribution >= 0.6 is 0 Å². The Balaban J connectivity index is 2.29. The smallest absolute Gasteiger partial charge is 0.185 e. The third kappa shape index (κ3) is 3.71. The lowest BCUT2D eigenvalue weighted by molar-refractivity contribution is 0.549. The highest BCUT2D eigenvalue weighted by Crippen LogP contribution is 2.24. The van der Waals surface area contributed by atoms with E-state index in [1.165, 1.54) is 0 Å². The van der Waals surface area contributed by atoms with Gasteiger partial charge in [0.1, 0.15) is 16.5 Å². The van der Waals surface area contributed by atoms with E-state index in [1.54, 1.807) is 12.1 Å². The summed E-state index contributed by atoms with van der Waals surface area (Å²) < 4.78 is 51.0. The lowest BCUT2D eigenvalue weighted by Gasteiger charge is -2.19. The Morgan fingerprint density at radius 2 is 1.55 bits per heavy atom. The molecule has 2 rings (SSSR count). The Morgan fingerprint density at radius 3 is 2.05 bits per heavy atom. The maximum absolute atomic E-state index is 13.7. The van der Waals surface area contributed by atoms with Crippen molar-refractivity contribution in [3.05, 3.63) is 65.2 Å². The van der Waals surface area contributed by atoms with Gasteiger partial charge in [-0.2, -0.15) is 0 Å². The number of rotatable bonds is 3. The zero-order valence-electron chi connectivity index (χ0n) is 12.7. The zero-order chi connectivity index (χ0) is 16.5. The molecule has 0 unspecified atom stereocenters. The number of hydrogen-bond donors (Lipinski definition) is 0. The van der Waals surface area contributed by atoms with Crippen molar-refractivity contribution in [3.63, 3.8) is 0 Å². The third-order valence-electron chi connectivity index (χ3n) is 3.41. The first-order valence-electron chi connectivity index (χ1n) is 6.87. The van der Waals surface area contributed by atoms with Crippen molar-refractivity contribution in [2.75, 3.05) is 0 Å². The predicted octanol–water partition coefficient (Wildman–Crippen LogP) is 4.24. The Kier molecular flexibility index (Phi) is 4.38. The fourth-order valence-electron chi connectivity index (χ4n) is 2.13. The molecule has 5 heteroatoms. The summed E-state index contributed by atoms with van der Waals surface area (Å²) in [5, 5.41) is 0. The first-order chi connectivity index (χ1) is 10.1. The van der Waals surface area contributed by atoms with E-state index in [-0.39, 0.29) is 11.2 Å². The molecule has 0 heterocycles. The maximum atomic E-state index is 13.7. The zero-order valence-corrected chi connectivity index (χ0v) is 13.5. The molecular formula is C17H18F2O2S. The van der Waals surface area contributed by atoms with E-state index < -0.39 is 26.4 Å². The molecule has 2 nitrogen and oxygen atoms in total. The standard InChI is InChI=1S/C17H18F2O2S/c1-17(2,3)13-6-4-12(5-7-13)11-22(20,21)16-9-8-14(18)10-15(16)19/h4-10H,11H2,1-3H3. The summed E-state index contributed by atoms with van der Waals surface area (Å²) in [5.74, 6) is -2.18. The Labute approximate surface area is 129 Å². The van der Waals surface area contributed by atoms with Crippen molar-refractivity contribution >= 4 is 9.84 Å². The molecule has 0 spiro atoms. The lowest BCUT2D eigenvalue weighted by atomic mass is 9.87. The second-order valence-electron chi connectivity index (χ2n) is 6.28. The maximum Gasteiger partial charge on any atom is 0.185 e. The summed E-state index contributed by atoms with van der Waals surface area (Å²) >= 11 is 0. The summed E-state index contributed by atoms with van der Waals surface area (Å²) in [5.41, 5.74) is 1.62. The van der Waals surface area contributed by atoms with Gasteiger partial charge in [-0.25, -0.2) is 17.2 Å². The number of hydrogen-bond acceptors (Lipinski definition) is 2. The number of benzene rings is 2. The Morgan fingerprint density at radius 1 is 0.955 bits per heavy atom. The topological polar surface area (TPSA) is 34.1 Å². The molecule has 0 fully saturated rings. The fraction of sp³-hybridized carbons (Fsp3) is 0.294. The van der Waals surface area contributed by atoms with Crippen LogP contribution < -0.4 is 0 Å². The van der Waals surface area contributed by atoms with Gasteiger partial charge in [0.05, 0.1) is 5.75 Å². The summed E-state index contributed by atoms with van der Waals surface area (Å²) in [6, 6.07) is 9.66. The number of sulfone groups is 1. The highest BCUT2D eigenvalue weighted by molar-refractivity contribution is 7.90. The van der Waals surface area contributed by atoms with E-state index in [2.05, 4.69) is 20.8 Å². The molecule has 0 radical (unpaired) electrons. The minimum Gasteiger partial charge on any atom is -0.223 e. The monoisotopic (exact) mass is 324 g/mol. The number of halogens is 2. The van der Waals surface area contributed by atoms with Crippen LogP contribution in [0.15, 0.2) is 47.4 Å². The molecule has 0 aliphatic carbocycles. The van der Waals surface area contributed by atoms with Gasteiger partial charge in [-0.3, -0.25) is 0 Å². The second-order valence-corrected chi connectivity index (χ2v) is 8.24. The minimum atomic E-state index is -3.85. The van der Waals surface area contributed by atoms with Crippen molar-refractivity contribution in [1.82, 2.24) is 0 Å². The van der Waals surface area contributed by atoms with Crippen LogP contribution in [0.2, 0.25) is 0 Å². The molecule has 0 amide bonds. The predicted molar refractivity (Wildman–Crippen MR) is 82.4 cm³/mol. The van der Waals surface area contributed by atoms with Crippen molar-refractivity contribution < 1.29 is 17.2 Å². The van der Waals surface area contributed by atoms with E-state index in [4.69, 9.17) is 0 Å².